The first-order valence-electron chi connectivity index (χ1n) is 5.22. The Hall–Kier alpha value is -1.16. The van der Waals surface area contributed by atoms with E-state index in [0.717, 1.165) is 0 Å². The van der Waals surface area contributed by atoms with Crippen molar-refractivity contribution >= 4 is 17.5 Å². The van der Waals surface area contributed by atoms with Crippen LogP contribution in [0.3, 0.4) is 0 Å². The van der Waals surface area contributed by atoms with Gasteiger partial charge in [-0.15, -0.1) is 11.6 Å². The maximum absolute atomic E-state index is 13.4. The fourth-order valence-corrected chi connectivity index (χ4v) is 1.69. The Kier molecular flexibility index (Phi) is 4.87. The summed E-state index contributed by atoms with van der Waals surface area (Å²) in [4.78, 5) is 12.7. The summed E-state index contributed by atoms with van der Waals surface area (Å²) in [7, 11) is 1.56. The molecule has 94 valence electrons. The van der Waals surface area contributed by atoms with Crippen molar-refractivity contribution in [2.45, 2.75) is 19.4 Å². The number of amides is 1. The molecule has 0 aromatic heterocycles. The van der Waals surface area contributed by atoms with E-state index in [4.69, 9.17) is 11.6 Å². The fraction of sp³-hybridized carbons (Fsp3) is 0.417. The van der Waals surface area contributed by atoms with Crippen LogP contribution in [0.2, 0.25) is 0 Å². The average Bonchev–Trinajstić information content (AvgIpc) is 2.31. The Morgan fingerprint density at radius 1 is 1.41 bits per heavy atom. The van der Waals surface area contributed by atoms with E-state index in [-0.39, 0.29) is 29.8 Å². The van der Waals surface area contributed by atoms with E-state index in [1.807, 2.05) is 0 Å². The van der Waals surface area contributed by atoms with Crippen LogP contribution in [0.4, 0.5) is 8.78 Å². The average molecular weight is 262 g/mol. The number of benzene rings is 1. The summed E-state index contributed by atoms with van der Waals surface area (Å²) in [5, 5.41) is 0. The summed E-state index contributed by atoms with van der Waals surface area (Å²) in [5.74, 6) is -1.59. The number of hydrogen-bond acceptors (Lipinski definition) is 1. The molecule has 0 aliphatic rings. The van der Waals surface area contributed by atoms with Crippen molar-refractivity contribution in [3.05, 3.63) is 35.4 Å². The molecule has 17 heavy (non-hydrogen) atoms. The van der Waals surface area contributed by atoms with Crippen LogP contribution >= 0.6 is 11.6 Å². The molecule has 0 N–H and O–H groups in total. The van der Waals surface area contributed by atoms with Crippen LogP contribution in [0.5, 0.6) is 0 Å². The molecule has 0 spiro atoms. The quantitative estimate of drug-likeness (QED) is 0.763. The fourth-order valence-electron chi connectivity index (χ4n) is 1.50. The second kappa shape index (κ2) is 5.96. The third-order valence-electron chi connectivity index (χ3n) is 2.73. The van der Waals surface area contributed by atoms with Crippen molar-refractivity contribution in [2.75, 3.05) is 12.9 Å². The molecule has 1 atom stereocenters. The highest BCUT2D eigenvalue weighted by atomic mass is 35.5. The number of alkyl halides is 1. The zero-order valence-corrected chi connectivity index (χ0v) is 10.5. The normalized spacial score (nSPS) is 12.3. The standard InChI is InChI=1S/C12H14ClF2NO/c1-8(16(2)12(17)7-13)6-9-10(14)4-3-5-11(9)15/h3-5,8H,6-7H2,1-2H3/t8-/m0/s1. The Morgan fingerprint density at radius 3 is 2.41 bits per heavy atom. The third-order valence-corrected chi connectivity index (χ3v) is 2.96. The third kappa shape index (κ3) is 3.40. The molecule has 2 nitrogen and oxygen atoms in total. The molecule has 0 unspecified atom stereocenters. The molecule has 1 amide bonds. The molecular formula is C12H14ClF2NO. The van der Waals surface area contributed by atoms with Gasteiger partial charge in [0, 0.05) is 18.7 Å². The van der Waals surface area contributed by atoms with E-state index < -0.39 is 11.6 Å². The summed E-state index contributed by atoms with van der Waals surface area (Å²) in [6.07, 6.45) is 0.123. The minimum absolute atomic E-state index is 0.00535. The van der Waals surface area contributed by atoms with Crippen molar-refractivity contribution in [2.24, 2.45) is 0 Å². The second-order valence-corrected chi connectivity index (χ2v) is 4.16. The number of rotatable bonds is 4. The van der Waals surface area contributed by atoms with E-state index in [0.29, 0.717) is 0 Å². The second-order valence-electron chi connectivity index (χ2n) is 3.89. The van der Waals surface area contributed by atoms with Gasteiger partial charge in [-0.05, 0) is 25.5 Å². The molecule has 0 radical (unpaired) electrons. The van der Waals surface area contributed by atoms with Gasteiger partial charge in [0.1, 0.15) is 17.5 Å². The van der Waals surface area contributed by atoms with Crippen LogP contribution in [-0.2, 0) is 11.2 Å². The largest absolute Gasteiger partial charge is 0.342 e. The smallest absolute Gasteiger partial charge is 0.237 e. The molecule has 1 aromatic carbocycles. The summed E-state index contributed by atoms with van der Waals surface area (Å²) < 4.78 is 26.8. The van der Waals surface area contributed by atoms with Crippen LogP contribution in [0.25, 0.3) is 0 Å². The summed E-state index contributed by atoms with van der Waals surface area (Å²) in [6.45, 7) is 1.72. The van der Waals surface area contributed by atoms with Gasteiger partial charge in [-0.1, -0.05) is 6.07 Å². The van der Waals surface area contributed by atoms with Crippen molar-refractivity contribution in [1.82, 2.24) is 4.90 Å². The lowest BCUT2D eigenvalue weighted by Gasteiger charge is -2.24. The van der Waals surface area contributed by atoms with Gasteiger partial charge in [-0.3, -0.25) is 4.79 Å². The monoisotopic (exact) mass is 261 g/mol. The lowest BCUT2D eigenvalue weighted by atomic mass is 10.0. The molecular weight excluding hydrogens is 248 g/mol. The van der Waals surface area contributed by atoms with Gasteiger partial charge in [0.05, 0.1) is 0 Å². The summed E-state index contributed by atoms with van der Waals surface area (Å²) in [5.41, 5.74) is -0.00535. The Morgan fingerprint density at radius 2 is 1.94 bits per heavy atom. The van der Waals surface area contributed by atoms with Crippen LogP contribution in [0.15, 0.2) is 18.2 Å². The Bertz CT molecular complexity index is 391. The predicted octanol–water partition coefficient (Wildman–Crippen LogP) is 2.59. The van der Waals surface area contributed by atoms with Gasteiger partial charge >= 0.3 is 0 Å². The van der Waals surface area contributed by atoms with E-state index in [9.17, 15) is 13.6 Å². The van der Waals surface area contributed by atoms with Crippen molar-refractivity contribution in [1.29, 1.82) is 0 Å². The zero-order valence-electron chi connectivity index (χ0n) is 9.71. The van der Waals surface area contributed by atoms with E-state index in [1.165, 1.54) is 23.1 Å². The van der Waals surface area contributed by atoms with Crippen LogP contribution in [-0.4, -0.2) is 29.8 Å². The number of carbonyl (C=O) groups excluding carboxylic acids is 1. The first-order chi connectivity index (χ1) is 7.97. The summed E-state index contributed by atoms with van der Waals surface area (Å²) in [6, 6.07) is 3.41. The highest BCUT2D eigenvalue weighted by Gasteiger charge is 2.18. The number of likely N-dealkylation sites (N-methyl/N-ethyl adjacent to an activating group) is 1. The Balaban J connectivity index is 2.81. The molecule has 0 aliphatic carbocycles. The predicted molar refractivity (Wildman–Crippen MR) is 63.0 cm³/mol. The van der Waals surface area contributed by atoms with E-state index in [2.05, 4.69) is 0 Å². The molecule has 0 saturated carbocycles. The molecule has 0 saturated heterocycles. The topological polar surface area (TPSA) is 20.3 Å². The van der Waals surface area contributed by atoms with Gasteiger partial charge in [0.25, 0.3) is 0 Å². The van der Waals surface area contributed by atoms with Gasteiger partial charge in [-0.25, -0.2) is 8.78 Å². The van der Waals surface area contributed by atoms with Crippen LogP contribution in [0, 0.1) is 11.6 Å². The molecule has 0 heterocycles. The molecule has 0 aliphatic heterocycles. The van der Waals surface area contributed by atoms with Crippen molar-refractivity contribution in [3.63, 3.8) is 0 Å². The first-order valence-corrected chi connectivity index (χ1v) is 5.75. The van der Waals surface area contributed by atoms with E-state index in [1.54, 1.807) is 14.0 Å². The molecule has 0 fully saturated rings. The summed E-state index contributed by atoms with van der Waals surface area (Å²) >= 11 is 5.42. The number of hydrogen-bond donors (Lipinski definition) is 0. The maximum atomic E-state index is 13.4. The molecule has 1 aromatic rings. The maximum Gasteiger partial charge on any atom is 0.237 e. The lowest BCUT2D eigenvalue weighted by molar-refractivity contribution is -0.128. The molecule has 5 heteroatoms. The molecule has 1 rings (SSSR count). The number of carbonyl (C=O) groups is 1. The SMILES string of the molecule is C[C@@H](Cc1c(F)cccc1F)N(C)C(=O)CCl. The van der Waals surface area contributed by atoms with Crippen molar-refractivity contribution < 1.29 is 13.6 Å². The Labute approximate surface area is 104 Å². The van der Waals surface area contributed by atoms with Crippen molar-refractivity contribution in [3.8, 4) is 0 Å². The number of halogens is 3. The highest BCUT2D eigenvalue weighted by molar-refractivity contribution is 6.27. The lowest BCUT2D eigenvalue weighted by Crippen LogP contribution is -2.37. The highest BCUT2D eigenvalue weighted by Crippen LogP contribution is 2.16. The van der Waals surface area contributed by atoms with Crippen LogP contribution < -0.4 is 0 Å². The zero-order chi connectivity index (χ0) is 13.0. The van der Waals surface area contributed by atoms with E-state index >= 15 is 0 Å². The van der Waals surface area contributed by atoms with Gasteiger partial charge in [0.15, 0.2) is 0 Å². The van der Waals surface area contributed by atoms with Gasteiger partial charge in [0.2, 0.25) is 5.91 Å². The number of nitrogens with zero attached hydrogens (tertiary/aromatic N) is 1. The van der Waals surface area contributed by atoms with Crippen LogP contribution in [0.1, 0.15) is 12.5 Å². The van der Waals surface area contributed by atoms with Gasteiger partial charge in [-0.2, -0.15) is 0 Å². The molecule has 0 bridgehead atoms. The first kappa shape index (κ1) is 13.9. The van der Waals surface area contributed by atoms with Gasteiger partial charge < -0.3 is 4.90 Å². The minimum Gasteiger partial charge on any atom is -0.342 e. The minimum atomic E-state index is -0.594.